The first-order valence-electron chi connectivity index (χ1n) is 4.80. The highest BCUT2D eigenvalue weighted by atomic mass is 19.1. The van der Waals surface area contributed by atoms with E-state index in [4.69, 9.17) is 6.42 Å². The van der Waals surface area contributed by atoms with E-state index in [-0.39, 0.29) is 6.04 Å². The van der Waals surface area contributed by atoms with Gasteiger partial charge in [-0.3, -0.25) is 0 Å². The summed E-state index contributed by atoms with van der Waals surface area (Å²) in [4.78, 5) is 0. The molecule has 0 amide bonds. The Hall–Kier alpha value is -1.40. The summed E-state index contributed by atoms with van der Waals surface area (Å²) in [7, 11) is 0. The molecule has 15 heavy (non-hydrogen) atoms. The molecule has 0 radical (unpaired) electrons. The Bertz CT molecular complexity index is 348. The summed E-state index contributed by atoms with van der Waals surface area (Å²) in [6, 6.07) is 3.26. The van der Waals surface area contributed by atoms with E-state index in [1.165, 1.54) is 12.1 Å². The molecular formula is C12H13F2N. The number of rotatable bonds is 4. The van der Waals surface area contributed by atoms with E-state index in [9.17, 15) is 8.78 Å². The Morgan fingerprint density at radius 1 is 1.33 bits per heavy atom. The van der Waals surface area contributed by atoms with Gasteiger partial charge in [-0.05, 0) is 24.2 Å². The van der Waals surface area contributed by atoms with Crippen molar-refractivity contribution >= 4 is 0 Å². The van der Waals surface area contributed by atoms with Crippen LogP contribution >= 0.6 is 0 Å². The standard InChI is InChI=1S/C12H13F2N/c1-3-5-12(15-4-2)9-6-10(13)8-11(14)7-9/h1,6-8,12,15H,4-5H2,2H3. The lowest BCUT2D eigenvalue weighted by Crippen LogP contribution is -2.20. The normalized spacial score (nSPS) is 12.1. The van der Waals surface area contributed by atoms with Crippen LogP contribution < -0.4 is 5.32 Å². The Balaban J connectivity index is 2.95. The molecule has 0 aliphatic carbocycles. The second-order valence-electron chi connectivity index (χ2n) is 3.22. The van der Waals surface area contributed by atoms with Crippen LogP contribution in [-0.4, -0.2) is 6.54 Å². The molecule has 0 spiro atoms. The lowest BCUT2D eigenvalue weighted by molar-refractivity contribution is 0.539. The second-order valence-corrected chi connectivity index (χ2v) is 3.22. The first kappa shape index (κ1) is 11.7. The van der Waals surface area contributed by atoms with Crippen LogP contribution in [0.4, 0.5) is 8.78 Å². The molecule has 0 aliphatic heterocycles. The molecule has 0 aromatic heterocycles. The minimum absolute atomic E-state index is 0.190. The van der Waals surface area contributed by atoms with Crippen molar-refractivity contribution in [3.63, 3.8) is 0 Å². The van der Waals surface area contributed by atoms with Gasteiger partial charge in [0.1, 0.15) is 11.6 Å². The van der Waals surface area contributed by atoms with Crippen molar-refractivity contribution in [2.75, 3.05) is 6.54 Å². The maximum absolute atomic E-state index is 12.9. The molecule has 3 heteroatoms. The predicted octanol–water partition coefficient (Wildman–Crippen LogP) is 2.64. The highest BCUT2D eigenvalue weighted by molar-refractivity contribution is 5.22. The Labute approximate surface area is 88.5 Å². The van der Waals surface area contributed by atoms with Crippen molar-refractivity contribution in [3.8, 4) is 12.3 Å². The van der Waals surface area contributed by atoms with Crippen molar-refractivity contribution in [1.29, 1.82) is 0 Å². The van der Waals surface area contributed by atoms with Gasteiger partial charge in [-0.2, -0.15) is 0 Å². The van der Waals surface area contributed by atoms with E-state index >= 15 is 0 Å². The second kappa shape index (κ2) is 5.47. The topological polar surface area (TPSA) is 12.0 Å². The zero-order valence-electron chi connectivity index (χ0n) is 8.56. The quantitative estimate of drug-likeness (QED) is 0.752. The third kappa shape index (κ3) is 3.34. The molecule has 1 aromatic rings. The van der Waals surface area contributed by atoms with Crippen LogP contribution in [0, 0.1) is 24.0 Å². The molecule has 1 atom stereocenters. The van der Waals surface area contributed by atoms with E-state index in [0.717, 1.165) is 6.07 Å². The minimum Gasteiger partial charge on any atom is -0.309 e. The summed E-state index contributed by atoms with van der Waals surface area (Å²) >= 11 is 0. The largest absolute Gasteiger partial charge is 0.309 e. The molecular weight excluding hydrogens is 196 g/mol. The number of hydrogen-bond donors (Lipinski definition) is 1. The summed E-state index contributed by atoms with van der Waals surface area (Å²) in [6.07, 6.45) is 5.61. The summed E-state index contributed by atoms with van der Waals surface area (Å²) in [5, 5.41) is 3.08. The Morgan fingerprint density at radius 2 is 1.93 bits per heavy atom. The first-order valence-corrected chi connectivity index (χ1v) is 4.80. The van der Waals surface area contributed by atoms with E-state index < -0.39 is 11.6 Å². The maximum atomic E-state index is 12.9. The molecule has 1 rings (SSSR count). The molecule has 0 heterocycles. The van der Waals surface area contributed by atoms with Gasteiger partial charge in [-0.25, -0.2) is 8.78 Å². The molecule has 1 N–H and O–H groups in total. The van der Waals surface area contributed by atoms with Gasteiger partial charge >= 0.3 is 0 Å². The SMILES string of the molecule is C#CCC(NCC)c1cc(F)cc(F)c1. The van der Waals surface area contributed by atoms with Gasteiger partial charge in [0.05, 0.1) is 0 Å². The third-order valence-corrected chi connectivity index (χ3v) is 2.06. The average Bonchev–Trinajstić information content (AvgIpc) is 2.16. The molecule has 1 unspecified atom stereocenters. The highest BCUT2D eigenvalue weighted by Gasteiger charge is 2.11. The molecule has 1 aromatic carbocycles. The van der Waals surface area contributed by atoms with E-state index in [0.29, 0.717) is 18.5 Å². The third-order valence-electron chi connectivity index (χ3n) is 2.06. The van der Waals surface area contributed by atoms with Crippen molar-refractivity contribution in [3.05, 3.63) is 35.4 Å². The molecule has 80 valence electrons. The van der Waals surface area contributed by atoms with Crippen molar-refractivity contribution in [1.82, 2.24) is 5.32 Å². The number of nitrogens with one attached hydrogen (secondary N) is 1. The minimum atomic E-state index is -0.579. The lowest BCUT2D eigenvalue weighted by atomic mass is 10.0. The van der Waals surface area contributed by atoms with Crippen LogP contribution in [-0.2, 0) is 0 Å². The van der Waals surface area contributed by atoms with Crippen molar-refractivity contribution < 1.29 is 8.78 Å². The molecule has 0 saturated carbocycles. The Kier molecular flexibility index (Phi) is 4.26. The van der Waals surface area contributed by atoms with Gasteiger partial charge in [0, 0.05) is 18.5 Å². The number of hydrogen-bond acceptors (Lipinski definition) is 1. The zero-order valence-corrected chi connectivity index (χ0v) is 8.56. The lowest BCUT2D eigenvalue weighted by Gasteiger charge is -2.15. The summed E-state index contributed by atoms with van der Waals surface area (Å²) in [6.45, 7) is 2.61. The smallest absolute Gasteiger partial charge is 0.126 e. The number of benzene rings is 1. The van der Waals surface area contributed by atoms with Gasteiger partial charge in [0.2, 0.25) is 0 Å². The van der Waals surface area contributed by atoms with Gasteiger partial charge in [0.25, 0.3) is 0 Å². The van der Waals surface area contributed by atoms with Crippen LogP contribution in [0.1, 0.15) is 24.9 Å². The fraction of sp³-hybridized carbons (Fsp3) is 0.333. The molecule has 0 saturated heterocycles. The van der Waals surface area contributed by atoms with Crippen LogP contribution in [0.15, 0.2) is 18.2 Å². The number of terminal acetylenes is 1. The molecule has 1 nitrogen and oxygen atoms in total. The highest BCUT2D eigenvalue weighted by Crippen LogP contribution is 2.18. The van der Waals surface area contributed by atoms with Gasteiger partial charge < -0.3 is 5.32 Å². The fourth-order valence-corrected chi connectivity index (χ4v) is 1.45. The summed E-state index contributed by atoms with van der Waals surface area (Å²) < 4.78 is 25.9. The van der Waals surface area contributed by atoms with E-state index in [1.807, 2.05) is 6.92 Å². The summed E-state index contributed by atoms with van der Waals surface area (Å²) in [5.74, 6) is 1.33. The zero-order chi connectivity index (χ0) is 11.3. The van der Waals surface area contributed by atoms with Crippen LogP contribution in [0.2, 0.25) is 0 Å². The first-order chi connectivity index (χ1) is 7.17. The van der Waals surface area contributed by atoms with Gasteiger partial charge in [0.15, 0.2) is 0 Å². The number of halogens is 2. The predicted molar refractivity (Wildman–Crippen MR) is 56.2 cm³/mol. The van der Waals surface area contributed by atoms with Gasteiger partial charge in [-0.15, -0.1) is 12.3 Å². The Morgan fingerprint density at radius 3 is 2.40 bits per heavy atom. The monoisotopic (exact) mass is 209 g/mol. The van der Waals surface area contributed by atoms with Crippen molar-refractivity contribution in [2.45, 2.75) is 19.4 Å². The van der Waals surface area contributed by atoms with Crippen molar-refractivity contribution in [2.24, 2.45) is 0 Å². The van der Waals surface area contributed by atoms with Crippen LogP contribution in [0.25, 0.3) is 0 Å². The van der Waals surface area contributed by atoms with Gasteiger partial charge in [-0.1, -0.05) is 6.92 Å². The van der Waals surface area contributed by atoms with E-state index in [2.05, 4.69) is 11.2 Å². The maximum Gasteiger partial charge on any atom is 0.126 e. The average molecular weight is 209 g/mol. The molecule has 0 bridgehead atoms. The molecule has 0 fully saturated rings. The van der Waals surface area contributed by atoms with E-state index in [1.54, 1.807) is 0 Å². The summed E-state index contributed by atoms with van der Waals surface area (Å²) in [5.41, 5.74) is 0.548. The fourth-order valence-electron chi connectivity index (χ4n) is 1.45. The van der Waals surface area contributed by atoms with Crippen LogP contribution in [0.3, 0.4) is 0 Å². The van der Waals surface area contributed by atoms with Crippen LogP contribution in [0.5, 0.6) is 0 Å². The molecule has 0 aliphatic rings.